The van der Waals surface area contributed by atoms with Crippen molar-refractivity contribution in [3.63, 3.8) is 0 Å². The van der Waals surface area contributed by atoms with E-state index in [0.29, 0.717) is 0 Å². The SMILES string of the molecule is CCOC(=O)c1nc([CH-]S(=O)(=O)c2ccccc2)oc1C.[Na+]. The van der Waals surface area contributed by atoms with Gasteiger partial charge in [0.15, 0.2) is 5.69 Å². The number of carbonyl (C=O) groups is 1. The van der Waals surface area contributed by atoms with Crippen molar-refractivity contribution in [3.05, 3.63) is 53.4 Å². The number of hydrogen-bond acceptors (Lipinski definition) is 6. The van der Waals surface area contributed by atoms with Crippen LogP contribution in [0.4, 0.5) is 0 Å². The maximum absolute atomic E-state index is 12.1. The van der Waals surface area contributed by atoms with Crippen LogP contribution in [-0.2, 0) is 14.6 Å². The molecule has 0 unspecified atom stereocenters. The van der Waals surface area contributed by atoms with Gasteiger partial charge >= 0.3 is 35.5 Å². The largest absolute Gasteiger partial charge is 1.00 e. The molecule has 0 radical (unpaired) electrons. The van der Waals surface area contributed by atoms with Gasteiger partial charge in [-0.1, -0.05) is 18.2 Å². The van der Waals surface area contributed by atoms with E-state index in [1.807, 2.05) is 0 Å². The molecule has 6 nitrogen and oxygen atoms in total. The average Bonchev–Trinajstić information content (AvgIpc) is 2.80. The van der Waals surface area contributed by atoms with Crippen LogP contribution in [0, 0.1) is 12.7 Å². The zero-order valence-electron chi connectivity index (χ0n) is 12.6. The summed E-state index contributed by atoms with van der Waals surface area (Å²) in [5.74, 6) is 0.302. The first-order valence-corrected chi connectivity index (χ1v) is 7.78. The van der Waals surface area contributed by atoms with Crippen molar-refractivity contribution in [1.82, 2.24) is 4.98 Å². The van der Waals surface area contributed by atoms with Gasteiger partial charge in [-0.3, -0.25) is 8.42 Å². The van der Waals surface area contributed by atoms with Gasteiger partial charge in [-0.2, -0.15) is 5.75 Å². The molecule has 2 aromatic rings. The molecule has 0 fully saturated rings. The molecule has 0 spiro atoms. The minimum atomic E-state index is -3.69. The Bertz CT molecular complexity index is 740. The summed E-state index contributed by atoms with van der Waals surface area (Å²) in [6.45, 7) is 3.39. The van der Waals surface area contributed by atoms with E-state index in [2.05, 4.69) is 4.98 Å². The molecule has 0 aliphatic carbocycles. The van der Waals surface area contributed by atoms with Crippen molar-refractivity contribution in [2.24, 2.45) is 0 Å². The Morgan fingerprint density at radius 2 is 1.95 bits per heavy atom. The summed E-state index contributed by atoms with van der Waals surface area (Å²) in [6.07, 6.45) is 0. The predicted molar refractivity (Wildman–Crippen MR) is 74.2 cm³/mol. The summed E-state index contributed by atoms with van der Waals surface area (Å²) >= 11 is 0. The Morgan fingerprint density at radius 1 is 1.32 bits per heavy atom. The minimum absolute atomic E-state index is 0. The van der Waals surface area contributed by atoms with Crippen LogP contribution in [-0.4, -0.2) is 26.0 Å². The van der Waals surface area contributed by atoms with E-state index < -0.39 is 15.8 Å². The summed E-state index contributed by atoms with van der Waals surface area (Å²) in [7, 11) is -3.69. The normalized spacial score (nSPS) is 10.6. The Balaban J connectivity index is 0.00000242. The Hall–Kier alpha value is -1.28. The monoisotopic (exact) mass is 331 g/mol. The molecule has 2 rings (SSSR count). The third-order valence-electron chi connectivity index (χ3n) is 2.61. The van der Waals surface area contributed by atoms with Gasteiger partial charge < -0.3 is 9.15 Å². The fourth-order valence-corrected chi connectivity index (χ4v) is 2.71. The fourth-order valence-electron chi connectivity index (χ4n) is 1.67. The molecule has 22 heavy (non-hydrogen) atoms. The molecule has 0 saturated carbocycles. The second-order valence-electron chi connectivity index (χ2n) is 4.15. The number of hydrogen-bond donors (Lipinski definition) is 0. The van der Waals surface area contributed by atoms with Crippen LogP contribution in [0.15, 0.2) is 39.6 Å². The number of sulfone groups is 1. The summed E-state index contributed by atoms with van der Waals surface area (Å²) in [4.78, 5) is 15.6. The number of nitrogens with zero attached hydrogens (tertiary/aromatic N) is 1. The fraction of sp³-hybridized carbons (Fsp3) is 0.214. The second kappa shape index (κ2) is 7.82. The molecule has 1 heterocycles. The van der Waals surface area contributed by atoms with Gasteiger partial charge in [-0.25, -0.2) is 9.78 Å². The van der Waals surface area contributed by atoms with E-state index in [4.69, 9.17) is 9.15 Å². The quantitative estimate of drug-likeness (QED) is 0.403. The van der Waals surface area contributed by atoms with E-state index in [1.165, 1.54) is 19.1 Å². The van der Waals surface area contributed by atoms with Crippen LogP contribution < -0.4 is 29.6 Å². The molecule has 112 valence electrons. The van der Waals surface area contributed by atoms with Gasteiger partial charge in [0, 0.05) is 4.90 Å². The van der Waals surface area contributed by atoms with E-state index >= 15 is 0 Å². The number of ether oxygens (including phenoxy) is 1. The third-order valence-corrected chi connectivity index (χ3v) is 4.05. The van der Waals surface area contributed by atoms with Gasteiger partial charge in [0.25, 0.3) is 0 Å². The van der Waals surface area contributed by atoms with E-state index in [1.54, 1.807) is 25.1 Å². The van der Waals surface area contributed by atoms with E-state index in [9.17, 15) is 13.2 Å². The maximum Gasteiger partial charge on any atom is 1.00 e. The van der Waals surface area contributed by atoms with Gasteiger partial charge in [0.05, 0.1) is 22.3 Å². The molecule has 8 heteroatoms. The summed E-state index contributed by atoms with van der Waals surface area (Å²) in [5.41, 5.74) is -0.0219. The van der Waals surface area contributed by atoms with Crippen molar-refractivity contribution in [3.8, 4) is 0 Å². The molecule has 1 aromatic heterocycles. The van der Waals surface area contributed by atoms with E-state index in [0.717, 1.165) is 5.75 Å². The van der Waals surface area contributed by atoms with Gasteiger partial charge in [-0.15, -0.1) is 0 Å². The number of aromatic nitrogens is 1. The van der Waals surface area contributed by atoms with Crippen LogP contribution >= 0.6 is 0 Å². The number of carbonyl (C=O) groups excluding carboxylic acids is 1. The summed E-state index contributed by atoms with van der Waals surface area (Å²) in [5, 5.41) is 0. The molecular weight excluding hydrogens is 317 g/mol. The molecule has 0 N–H and O–H groups in total. The molecule has 1 aromatic carbocycles. The first-order valence-electron chi connectivity index (χ1n) is 6.23. The maximum atomic E-state index is 12.1. The van der Waals surface area contributed by atoms with Crippen LogP contribution in [0.1, 0.15) is 29.1 Å². The molecule has 0 atom stereocenters. The third kappa shape index (κ3) is 4.36. The van der Waals surface area contributed by atoms with Crippen LogP contribution in [0.5, 0.6) is 0 Å². The number of rotatable bonds is 5. The molecular formula is C14H14NNaO5S. The van der Waals surface area contributed by atoms with Gasteiger partial charge in [0.1, 0.15) is 5.76 Å². The number of aryl methyl sites for hydroxylation is 1. The Morgan fingerprint density at radius 3 is 2.55 bits per heavy atom. The predicted octanol–water partition coefficient (Wildman–Crippen LogP) is -0.852. The molecule has 0 aliphatic rings. The van der Waals surface area contributed by atoms with Gasteiger partial charge in [-0.05, 0) is 26.0 Å². The summed E-state index contributed by atoms with van der Waals surface area (Å²) in [6, 6.07) is 7.88. The number of benzene rings is 1. The number of esters is 1. The zero-order chi connectivity index (χ0) is 15.5. The Labute approximate surface area is 151 Å². The topological polar surface area (TPSA) is 86.5 Å². The van der Waals surface area contributed by atoms with Gasteiger partial charge in [0.2, 0.25) is 0 Å². The van der Waals surface area contributed by atoms with Crippen LogP contribution in [0.3, 0.4) is 0 Å². The van der Waals surface area contributed by atoms with Crippen molar-refractivity contribution in [1.29, 1.82) is 0 Å². The first-order chi connectivity index (χ1) is 9.94. The molecule has 0 aliphatic heterocycles. The first kappa shape index (κ1) is 18.8. The molecule has 0 amide bonds. The van der Waals surface area contributed by atoms with Crippen molar-refractivity contribution >= 4 is 15.8 Å². The zero-order valence-corrected chi connectivity index (χ0v) is 15.4. The second-order valence-corrected chi connectivity index (χ2v) is 5.95. The number of oxazole rings is 1. The van der Waals surface area contributed by atoms with Crippen molar-refractivity contribution in [2.45, 2.75) is 18.7 Å². The van der Waals surface area contributed by atoms with Crippen LogP contribution in [0.25, 0.3) is 0 Å². The smallest absolute Gasteiger partial charge is 0.475 e. The average molecular weight is 331 g/mol. The van der Waals surface area contributed by atoms with Crippen molar-refractivity contribution < 1.29 is 51.9 Å². The standard InChI is InChI=1S/C14H14NO5S.Na/c1-3-19-14(16)13-10(2)20-12(15-13)9-21(17,18)11-7-5-4-6-8-11;/h4-9H,3H2,1-2H3;/q-1;+1. The minimum Gasteiger partial charge on any atom is -0.475 e. The molecule has 0 saturated heterocycles. The summed E-state index contributed by atoms with van der Waals surface area (Å²) < 4.78 is 34.3. The Kier molecular flexibility index (Phi) is 6.67. The van der Waals surface area contributed by atoms with E-state index in [-0.39, 0.29) is 58.4 Å². The molecule has 0 bridgehead atoms. The van der Waals surface area contributed by atoms with Crippen molar-refractivity contribution in [2.75, 3.05) is 6.61 Å². The van der Waals surface area contributed by atoms with Crippen LogP contribution in [0.2, 0.25) is 0 Å².